The summed E-state index contributed by atoms with van der Waals surface area (Å²) in [4.78, 5) is 14.7. The van der Waals surface area contributed by atoms with Crippen LogP contribution in [0.3, 0.4) is 0 Å². The van der Waals surface area contributed by atoms with Crippen LogP contribution in [0.1, 0.15) is 124 Å². The number of halogens is 4. The van der Waals surface area contributed by atoms with Gasteiger partial charge in [-0.05, 0) is 159 Å². The molecule has 4 saturated carbocycles. The molecule has 61 heavy (non-hydrogen) atoms. The zero-order valence-corrected chi connectivity index (χ0v) is 37.5. The lowest BCUT2D eigenvalue weighted by Gasteiger charge is -2.60. The average molecular weight is 899 g/mol. The lowest BCUT2D eigenvalue weighted by molar-refractivity contribution is -0.137. The summed E-state index contributed by atoms with van der Waals surface area (Å²) in [5, 5.41) is 26.1. The minimum Gasteiger partial charge on any atom is -0.453 e. The van der Waals surface area contributed by atoms with Gasteiger partial charge in [-0.2, -0.15) is 17.5 Å². The van der Waals surface area contributed by atoms with Gasteiger partial charge >= 0.3 is 6.18 Å². The quantitative estimate of drug-likeness (QED) is 0.128. The monoisotopic (exact) mass is 897 g/mol. The second-order valence-corrected chi connectivity index (χ2v) is 22.6. The highest BCUT2D eigenvalue weighted by atomic mass is 35.5. The van der Waals surface area contributed by atoms with Crippen LogP contribution in [0.25, 0.3) is 11.3 Å². The third kappa shape index (κ3) is 8.23. The zero-order valence-electron chi connectivity index (χ0n) is 35.1. The summed E-state index contributed by atoms with van der Waals surface area (Å²) in [5.74, 6) is 0.215. The van der Waals surface area contributed by atoms with E-state index in [0.717, 1.165) is 48.6 Å². The van der Waals surface area contributed by atoms with Crippen molar-refractivity contribution in [3.8, 4) is 11.3 Å². The number of sulfonamides is 1. The Kier molecular flexibility index (Phi) is 11.9. The van der Waals surface area contributed by atoms with Crippen LogP contribution in [-0.2, 0) is 22.6 Å². The molecule has 0 radical (unpaired) electrons. The Bertz CT molecular complexity index is 2420. The highest BCUT2D eigenvalue weighted by molar-refractivity contribution is 7.91. The van der Waals surface area contributed by atoms with E-state index in [-0.39, 0.29) is 50.6 Å². The number of hydrogen-bond donors (Lipinski definition) is 2. The van der Waals surface area contributed by atoms with Gasteiger partial charge in [-0.25, -0.2) is 8.42 Å². The van der Waals surface area contributed by atoms with Crippen molar-refractivity contribution in [1.82, 2.24) is 4.31 Å². The number of thiophene rings is 1. The molecule has 0 saturated heterocycles. The SMILES string of the molecule is CC1=CCCC2(C)C(CCC2(O)CN(CC2CCC3CC2C3(C)C)S(=O)(=O)c2cccs2)c2ccc(cc2C(=O)c2ccc(-c3cc(C(F)(F)F)ccc3Cl)o2)CC(O)CC1. The molecule has 328 valence electrons. The minimum absolute atomic E-state index is 0.00257. The average Bonchev–Trinajstić information content (AvgIpc) is 3.98. The number of benzene rings is 2. The molecule has 7 unspecified atom stereocenters. The molecule has 2 N–H and O–H groups in total. The highest BCUT2D eigenvalue weighted by Gasteiger charge is 2.59. The van der Waals surface area contributed by atoms with Gasteiger partial charge in [0.15, 0.2) is 5.76 Å². The summed E-state index contributed by atoms with van der Waals surface area (Å²) in [5.41, 5.74) is -0.362. The smallest absolute Gasteiger partial charge is 0.416 e. The van der Waals surface area contributed by atoms with E-state index < -0.39 is 50.6 Å². The summed E-state index contributed by atoms with van der Waals surface area (Å²) >= 11 is 7.54. The molecule has 0 amide bonds. The third-order valence-corrected chi connectivity index (χ3v) is 18.8. The van der Waals surface area contributed by atoms with Gasteiger partial charge in [0.05, 0.1) is 22.3 Å². The van der Waals surface area contributed by atoms with Gasteiger partial charge in [-0.3, -0.25) is 4.79 Å². The van der Waals surface area contributed by atoms with Crippen molar-refractivity contribution in [3.63, 3.8) is 0 Å². The van der Waals surface area contributed by atoms with Gasteiger partial charge in [0.1, 0.15) is 9.97 Å². The molecule has 2 aromatic heterocycles. The Labute approximate surface area is 366 Å². The Balaban J connectivity index is 1.19. The number of allylic oxidation sites excluding steroid dienone is 2. The van der Waals surface area contributed by atoms with Crippen LogP contribution in [0.5, 0.6) is 0 Å². The van der Waals surface area contributed by atoms with Crippen molar-refractivity contribution in [3.05, 3.63) is 111 Å². The Morgan fingerprint density at radius 3 is 2.51 bits per heavy atom. The predicted molar refractivity (Wildman–Crippen MR) is 232 cm³/mol. The van der Waals surface area contributed by atoms with Crippen LogP contribution in [-0.4, -0.2) is 53.5 Å². The second kappa shape index (κ2) is 16.4. The Morgan fingerprint density at radius 2 is 1.80 bits per heavy atom. The first-order chi connectivity index (χ1) is 28.7. The number of furan rings is 1. The first-order valence-corrected chi connectivity index (χ1v) is 24.2. The summed E-state index contributed by atoms with van der Waals surface area (Å²) in [7, 11) is -3.98. The second-order valence-electron chi connectivity index (χ2n) is 19.1. The van der Waals surface area contributed by atoms with Gasteiger partial charge in [-0.1, -0.05) is 62.2 Å². The zero-order chi connectivity index (χ0) is 43.7. The number of carbonyl (C=O) groups is 1. The molecule has 7 nitrogen and oxygen atoms in total. The number of rotatable bonds is 9. The molecule has 0 aliphatic heterocycles. The number of aliphatic hydroxyl groups excluding tert-OH is 1. The van der Waals surface area contributed by atoms with E-state index in [4.69, 9.17) is 16.0 Å². The van der Waals surface area contributed by atoms with Gasteiger partial charge < -0.3 is 14.6 Å². The number of aliphatic hydroxyl groups is 2. The first kappa shape index (κ1) is 44.4. The van der Waals surface area contributed by atoms with Crippen molar-refractivity contribution in [2.45, 2.75) is 120 Å². The summed E-state index contributed by atoms with van der Waals surface area (Å²) in [6.07, 6.45) is 3.26. The van der Waals surface area contributed by atoms with E-state index in [9.17, 15) is 36.6 Å². The van der Waals surface area contributed by atoms with E-state index in [2.05, 4.69) is 19.9 Å². The minimum atomic E-state index is -4.62. The largest absolute Gasteiger partial charge is 0.453 e. The van der Waals surface area contributed by atoms with E-state index in [0.29, 0.717) is 68.0 Å². The molecule has 13 heteroatoms. The molecule has 6 aliphatic rings. The van der Waals surface area contributed by atoms with Crippen LogP contribution in [0.4, 0.5) is 13.2 Å². The molecule has 0 spiro atoms. The van der Waals surface area contributed by atoms with Crippen molar-refractivity contribution < 1.29 is 41.0 Å². The fourth-order valence-corrected chi connectivity index (χ4v) is 14.2. The number of ketones is 1. The predicted octanol–water partition coefficient (Wildman–Crippen LogP) is 11.7. The lowest BCUT2D eigenvalue weighted by Crippen LogP contribution is -2.58. The van der Waals surface area contributed by atoms with Gasteiger partial charge in [0, 0.05) is 29.6 Å². The summed E-state index contributed by atoms with van der Waals surface area (Å²) < 4.78 is 78.2. The molecule has 4 fully saturated rings. The number of fused-ring (bicyclic) bond motifs is 10. The van der Waals surface area contributed by atoms with Crippen LogP contribution >= 0.6 is 22.9 Å². The molecule has 7 atom stereocenters. The van der Waals surface area contributed by atoms with Crippen molar-refractivity contribution >= 4 is 38.7 Å². The third-order valence-electron chi connectivity index (χ3n) is 15.3. The molecule has 2 aromatic carbocycles. The van der Waals surface area contributed by atoms with Crippen LogP contribution in [0.2, 0.25) is 5.02 Å². The molecule has 4 bridgehead atoms. The summed E-state index contributed by atoms with van der Waals surface area (Å²) in [6.45, 7) is 8.89. The van der Waals surface area contributed by atoms with Gasteiger partial charge in [0.2, 0.25) is 5.78 Å². The van der Waals surface area contributed by atoms with Crippen LogP contribution < -0.4 is 0 Å². The normalized spacial score (nSPS) is 29.2. The molecule has 6 aliphatic carbocycles. The standard InChI is InChI=1S/C48H55ClF3NO6S2/c1-29-7-5-20-46(4)38(19-21-47(46,56)28-53(61(57,58)43-8-6-22-60-43)27-31-11-12-32-26-39(31)45(32,2)3)35-15-10-30(23-34(54)14-9-29)24-36(35)44(55)42-18-17-41(59-42)37-25-33(48(50,51)52)13-16-40(37)49/h6-8,10,13,15-18,22,24-25,31-32,34,38-39,54,56H,5,9,11-12,14,19-21,23,26-28H2,1-4H3. The molecular weight excluding hydrogens is 843 g/mol. The first-order valence-electron chi connectivity index (χ1n) is 21.5. The number of nitrogens with zero attached hydrogens (tertiary/aromatic N) is 1. The number of carbonyl (C=O) groups excluding carboxylic acids is 1. The Hall–Kier alpha value is -3.26. The maximum atomic E-state index is 14.7. The molecule has 10 rings (SSSR count). The fourth-order valence-electron chi connectivity index (χ4n) is 11.3. The van der Waals surface area contributed by atoms with Gasteiger partial charge in [-0.15, -0.1) is 11.3 Å². The van der Waals surface area contributed by atoms with E-state index in [1.54, 1.807) is 27.9 Å². The number of hydrogen-bond acceptors (Lipinski definition) is 7. The lowest BCUT2D eigenvalue weighted by atomic mass is 9.45. The van der Waals surface area contributed by atoms with Crippen molar-refractivity contribution in [1.29, 1.82) is 0 Å². The van der Waals surface area contributed by atoms with E-state index in [1.807, 2.05) is 26.0 Å². The molecule has 2 heterocycles. The molecule has 4 aromatic rings. The topological polar surface area (TPSA) is 108 Å². The van der Waals surface area contributed by atoms with Crippen LogP contribution in [0.15, 0.2) is 86.3 Å². The molecular formula is C48H55ClF3NO6S2. The number of alkyl halides is 3. The maximum absolute atomic E-state index is 14.7. The van der Waals surface area contributed by atoms with Crippen molar-refractivity contribution in [2.75, 3.05) is 13.1 Å². The summed E-state index contributed by atoms with van der Waals surface area (Å²) in [6, 6.07) is 14.7. The van der Waals surface area contributed by atoms with E-state index in [1.165, 1.54) is 23.5 Å². The Morgan fingerprint density at radius 1 is 1.02 bits per heavy atom. The highest BCUT2D eigenvalue weighted by Crippen LogP contribution is 2.62. The maximum Gasteiger partial charge on any atom is 0.416 e. The fraction of sp³-hybridized carbons (Fsp3) is 0.521. The van der Waals surface area contributed by atoms with Gasteiger partial charge in [0.25, 0.3) is 10.0 Å². The van der Waals surface area contributed by atoms with Crippen LogP contribution in [0, 0.1) is 28.6 Å². The van der Waals surface area contributed by atoms with E-state index >= 15 is 0 Å². The van der Waals surface area contributed by atoms with Crippen molar-refractivity contribution in [2.24, 2.45) is 28.6 Å².